The number of aliphatic imine (C=N–C) groups is 1. The van der Waals surface area contributed by atoms with Crippen LogP contribution in [0.5, 0.6) is 11.5 Å². The summed E-state index contributed by atoms with van der Waals surface area (Å²) in [6, 6.07) is 19.4. The Morgan fingerprint density at radius 2 is 1.74 bits per heavy atom. The van der Waals surface area contributed by atoms with Crippen LogP contribution in [0.15, 0.2) is 65.7 Å². The van der Waals surface area contributed by atoms with E-state index in [4.69, 9.17) is 9.47 Å². The maximum absolute atomic E-state index is 13.5. The Morgan fingerprint density at radius 1 is 1.00 bits per heavy atom. The standard InChI is InChI=1S/C27H30N4O3/c1-4-28-14-13-19-9-11-20(12-10-19)30-27(32)21-17-25(33-2)26(34-3)18-24(21)31-16-15-29-22-7-5-6-8-23(22)31/h5-12,15,17-18,28H,4,13-14,16H2,1-3H3,(H,30,32). The zero-order valence-corrected chi connectivity index (χ0v) is 19.8. The number of anilines is 3. The largest absolute Gasteiger partial charge is 0.493 e. The van der Waals surface area contributed by atoms with Gasteiger partial charge in [-0.3, -0.25) is 9.79 Å². The molecule has 0 atom stereocenters. The molecule has 0 spiro atoms. The highest BCUT2D eigenvalue weighted by molar-refractivity contribution is 6.10. The van der Waals surface area contributed by atoms with Gasteiger partial charge >= 0.3 is 0 Å². The lowest BCUT2D eigenvalue weighted by Gasteiger charge is -2.29. The quantitative estimate of drug-likeness (QED) is 0.443. The lowest BCUT2D eigenvalue weighted by atomic mass is 10.1. The molecule has 0 saturated carbocycles. The second kappa shape index (κ2) is 10.9. The highest BCUT2D eigenvalue weighted by Crippen LogP contribution is 2.41. The van der Waals surface area contributed by atoms with Crippen molar-refractivity contribution in [1.82, 2.24) is 5.32 Å². The van der Waals surface area contributed by atoms with Gasteiger partial charge in [0.05, 0.1) is 43.4 Å². The van der Waals surface area contributed by atoms with Crippen LogP contribution in [-0.2, 0) is 6.42 Å². The number of ether oxygens (including phenoxy) is 2. The van der Waals surface area contributed by atoms with Crippen LogP contribution in [0.1, 0.15) is 22.8 Å². The van der Waals surface area contributed by atoms with Crippen molar-refractivity contribution in [3.05, 3.63) is 71.8 Å². The van der Waals surface area contributed by atoms with Gasteiger partial charge in [-0.15, -0.1) is 0 Å². The lowest BCUT2D eigenvalue weighted by molar-refractivity contribution is 0.102. The van der Waals surface area contributed by atoms with E-state index in [0.29, 0.717) is 23.6 Å². The van der Waals surface area contributed by atoms with E-state index in [2.05, 4.69) is 27.4 Å². The van der Waals surface area contributed by atoms with Crippen molar-refractivity contribution in [2.45, 2.75) is 13.3 Å². The first kappa shape index (κ1) is 23.3. The fourth-order valence-corrected chi connectivity index (χ4v) is 3.98. The van der Waals surface area contributed by atoms with Gasteiger partial charge in [-0.05, 0) is 55.4 Å². The molecule has 0 aliphatic carbocycles. The van der Waals surface area contributed by atoms with Crippen LogP contribution in [-0.4, -0.2) is 46.0 Å². The summed E-state index contributed by atoms with van der Waals surface area (Å²) >= 11 is 0. The molecule has 176 valence electrons. The number of fused-ring (bicyclic) bond motifs is 1. The van der Waals surface area contributed by atoms with Crippen LogP contribution in [0.25, 0.3) is 0 Å². The SMILES string of the molecule is CCNCCc1ccc(NC(=O)c2cc(OC)c(OC)cc2N2CC=Nc3ccccc32)cc1. The number of nitrogens with zero attached hydrogens (tertiary/aromatic N) is 2. The van der Waals surface area contributed by atoms with E-state index < -0.39 is 0 Å². The number of hydrogen-bond acceptors (Lipinski definition) is 6. The third-order valence-electron chi connectivity index (χ3n) is 5.76. The third-order valence-corrected chi connectivity index (χ3v) is 5.76. The Morgan fingerprint density at radius 3 is 2.47 bits per heavy atom. The molecule has 1 aliphatic rings. The monoisotopic (exact) mass is 458 g/mol. The number of nitrogens with one attached hydrogen (secondary N) is 2. The van der Waals surface area contributed by atoms with Gasteiger partial charge in [0.25, 0.3) is 5.91 Å². The van der Waals surface area contributed by atoms with Crippen LogP contribution in [0.3, 0.4) is 0 Å². The van der Waals surface area contributed by atoms with Gasteiger partial charge in [-0.1, -0.05) is 31.2 Å². The molecular weight excluding hydrogens is 428 g/mol. The Balaban J connectivity index is 1.65. The summed E-state index contributed by atoms with van der Waals surface area (Å²) < 4.78 is 11.0. The normalized spacial score (nSPS) is 12.3. The van der Waals surface area contributed by atoms with Gasteiger partial charge in [-0.25, -0.2) is 0 Å². The Labute approximate surface area is 200 Å². The number of carbonyl (C=O) groups is 1. The maximum atomic E-state index is 13.5. The fourth-order valence-electron chi connectivity index (χ4n) is 3.98. The molecule has 0 fully saturated rings. The second-order valence-corrected chi connectivity index (χ2v) is 7.89. The number of hydrogen-bond donors (Lipinski definition) is 2. The molecule has 0 saturated heterocycles. The molecule has 0 radical (unpaired) electrons. The number of methoxy groups -OCH3 is 2. The summed E-state index contributed by atoms with van der Waals surface area (Å²) in [5.74, 6) is 0.824. The average molecular weight is 459 g/mol. The number of amides is 1. The van der Waals surface area contributed by atoms with Gasteiger partial charge < -0.3 is 25.0 Å². The zero-order valence-electron chi connectivity index (χ0n) is 19.8. The molecule has 2 N–H and O–H groups in total. The molecule has 3 aromatic rings. The van der Waals surface area contributed by atoms with Gasteiger partial charge in [0.2, 0.25) is 0 Å². The highest BCUT2D eigenvalue weighted by Gasteiger charge is 2.24. The molecule has 4 rings (SSSR count). The van der Waals surface area contributed by atoms with Gasteiger partial charge in [-0.2, -0.15) is 0 Å². The summed E-state index contributed by atoms with van der Waals surface area (Å²) in [5.41, 5.74) is 4.93. The van der Waals surface area contributed by atoms with E-state index in [-0.39, 0.29) is 5.91 Å². The topological polar surface area (TPSA) is 75.2 Å². The Hall–Kier alpha value is -3.84. The van der Waals surface area contributed by atoms with E-state index in [1.54, 1.807) is 20.3 Å². The Bertz CT molecular complexity index is 1170. The minimum atomic E-state index is -0.226. The van der Waals surface area contributed by atoms with E-state index in [1.165, 1.54) is 5.56 Å². The molecule has 7 heteroatoms. The first-order chi connectivity index (χ1) is 16.6. The van der Waals surface area contributed by atoms with E-state index in [9.17, 15) is 4.79 Å². The number of benzene rings is 3. The van der Waals surface area contributed by atoms with Gasteiger partial charge in [0, 0.05) is 18.0 Å². The number of para-hydroxylation sites is 2. The van der Waals surface area contributed by atoms with Crippen molar-refractivity contribution in [2.75, 3.05) is 44.1 Å². The first-order valence-corrected chi connectivity index (χ1v) is 11.4. The minimum absolute atomic E-state index is 0.226. The summed E-state index contributed by atoms with van der Waals surface area (Å²) in [4.78, 5) is 20.0. The molecular formula is C27H30N4O3. The molecule has 3 aromatic carbocycles. The summed E-state index contributed by atoms with van der Waals surface area (Å²) in [5, 5.41) is 6.36. The third kappa shape index (κ3) is 5.05. The molecule has 0 unspecified atom stereocenters. The maximum Gasteiger partial charge on any atom is 0.257 e. The summed E-state index contributed by atoms with van der Waals surface area (Å²) in [7, 11) is 3.15. The predicted molar refractivity (Wildman–Crippen MR) is 138 cm³/mol. The Kier molecular flexibility index (Phi) is 7.44. The van der Waals surface area contributed by atoms with E-state index in [1.807, 2.05) is 60.8 Å². The van der Waals surface area contributed by atoms with E-state index in [0.717, 1.165) is 42.3 Å². The van der Waals surface area contributed by atoms with Crippen molar-refractivity contribution in [2.24, 2.45) is 4.99 Å². The van der Waals surface area contributed by atoms with Gasteiger partial charge in [0.1, 0.15) is 0 Å². The molecule has 1 aliphatic heterocycles. The summed E-state index contributed by atoms with van der Waals surface area (Å²) in [6.45, 7) is 4.51. The van der Waals surface area contributed by atoms with Crippen LogP contribution in [0.4, 0.5) is 22.7 Å². The molecule has 1 amide bonds. The highest BCUT2D eigenvalue weighted by atomic mass is 16.5. The number of carbonyl (C=O) groups excluding carboxylic acids is 1. The smallest absolute Gasteiger partial charge is 0.257 e. The van der Waals surface area contributed by atoms with Crippen molar-refractivity contribution < 1.29 is 14.3 Å². The first-order valence-electron chi connectivity index (χ1n) is 11.4. The molecule has 1 heterocycles. The molecule has 0 aromatic heterocycles. The van der Waals surface area contributed by atoms with Crippen LogP contribution < -0.4 is 25.0 Å². The van der Waals surface area contributed by atoms with E-state index >= 15 is 0 Å². The molecule has 0 bridgehead atoms. The predicted octanol–water partition coefficient (Wildman–Crippen LogP) is 4.96. The number of likely N-dealkylation sites (N-methyl/N-ethyl adjacent to an activating group) is 1. The zero-order chi connectivity index (χ0) is 23.9. The lowest BCUT2D eigenvalue weighted by Crippen LogP contribution is -2.25. The van der Waals surface area contributed by atoms with Gasteiger partial charge in [0.15, 0.2) is 11.5 Å². The number of rotatable bonds is 9. The molecule has 7 nitrogen and oxygen atoms in total. The van der Waals surface area contributed by atoms with Crippen LogP contribution in [0, 0.1) is 0 Å². The molecule has 34 heavy (non-hydrogen) atoms. The van der Waals surface area contributed by atoms with Crippen molar-refractivity contribution in [1.29, 1.82) is 0 Å². The van der Waals surface area contributed by atoms with Crippen molar-refractivity contribution in [3.8, 4) is 11.5 Å². The second-order valence-electron chi connectivity index (χ2n) is 7.89. The van der Waals surface area contributed by atoms with Crippen LogP contribution >= 0.6 is 0 Å². The average Bonchev–Trinajstić information content (AvgIpc) is 2.88. The van der Waals surface area contributed by atoms with Crippen molar-refractivity contribution >= 4 is 34.9 Å². The van der Waals surface area contributed by atoms with Crippen LogP contribution in [0.2, 0.25) is 0 Å². The fraction of sp³-hybridized carbons (Fsp3) is 0.259. The van der Waals surface area contributed by atoms with Crippen molar-refractivity contribution in [3.63, 3.8) is 0 Å². The summed E-state index contributed by atoms with van der Waals surface area (Å²) in [6.07, 6.45) is 2.78. The minimum Gasteiger partial charge on any atom is -0.493 e.